The summed E-state index contributed by atoms with van der Waals surface area (Å²) >= 11 is 0. The summed E-state index contributed by atoms with van der Waals surface area (Å²) in [6.07, 6.45) is 4.27. The van der Waals surface area contributed by atoms with Crippen LogP contribution in [0.2, 0.25) is 0 Å². The molecule has 1 atom stereocenters. The van der Waals surface area contributed by atoms with Crippen molar-refractivity contribution in [3.63, 3.8) is 0 Å². The minimum Gasteiger partial charge on any atom is -0.394 e. The monoisotopic (exact) mass is 229 g/mol. The van der Waals surface area contributed by atoms with Crippen molar-refractivity contribution in [2.24, 2.45) is 5.11 Å². The molecule has 0 amide bonds. The van der Waals surface area contributed by atoms with Gasteiger partial charge >= 0.3 is 0 Å². The van der Waals surface area contributed by atoms with Crippen LogP contribution in [-0.2, 0) is 14.2 Å². The van der Waals surface area contributed by atoms with E-state index in [2.05, 4.69) is 15.9 Å². The van der Waals surface area contributed by atoms with Crippen molar-refractivity contribution < 1.29 is 19.3 Å². The molecule has 0 aromatic heterocycles. The molecular formula is C9H15N3O4. The Kier molecular flexibility index (Phi) is 10.8. The minimum atomic E-state index is -0.723. The van der Waals surface area contributed by atoms with Crippen molar-refractivity contribution in [3.8, 4) is 12.3 Å². The van der Waals surface area contributed by atoms with Crippen molar-refractivity contribution in [1.82, 2.24) is 0 Å². The van der Waals surface area contributed by atoms with Gasteiger partial charge in [0.1, 0.15) is 6.61 Å². The quantitative estimate of drug-likeness (QED) is 0.191. The summed E-state index contributed by atoms with van der Waals surface area (Å²) < 4.78 is 15.1. The number of azide groups is 1. The van der Waals surface area contributed by atoms with Crippen LogP contribution < -0.4 is 0 Å². The molecule has 0 bridgehead atoms. The van der Waals surface area contributed by atoms with Crippen LogP contribution in [0.3, 0.4) is 0 Å². The van der Waals surface area contributed by atoms with Crippen LogP contribution in [0.4, 0.5) is 0 Å². The van der Waals surface area contributed by atoms with Gasteiger partial charge in [0.2, 0.25) is 0 Å². The van der Waals surface area contributed by atoms with Crippen LogP contribution in [0.1, 0.15) is 0 Å². The average molecular weight is 229 g/mol. The first-order valence-corrected chi connectivity index (χ1v) is 4.70. The fourth-order valence-electron chi connectivity index (χ4n) is 0.785. The molecule has 1 N–H and O–H groups in total. The first kappa shape index (κ1) is 14.7. The molecule has 0 aliphatic rings. The maximum Gasteiger partial charge on any atom is 0.161 e. The highest BCUT2D eigenvalue weighted by molar-refractivity contribution is 4.83. The third kappa shape index (κ3) is 9.27. The van der Waals surface area contributed by atoms with Gasteiger partial charge in [-0.2, -0.15) is 0 Å². The summed E-state index contributed by atoms with van der Waals surface area (Å²) in [6, 6.07) is 0. The van der Waals surface area contributed by atoms with E-state index in [1.807, 2.05) is 0 Å². The number of terminal acetylenes is 1. The zero-order valence-electron chi connectivity index (χ0n) is 8.91. The Morgan fingerprint density at radius 3 is 2.75 bits per heavy atom. The summed E-state index contributed by atoms with van der Waals surface area (Å²) in [5.74, 6) is 2.26. The summed E-state index contributed by atoms with van der Waals surface area (Å²) in [6.45, 7) is 1.13. The fraction of sp³-hybridized carbons (Fsp3) is 0.778. The predicted octanol–water partition coefficient (Wildman–Crippen LogP) is 0.298. The number of ether oxygens (including phenoxy) is 3. The van der Waals surface area contributed by atoms with Gasteiger partial charge < -0.3 is 19.3 Å². The van der Waals surface area contributed by atoms with Crippen molar-refractivity contribution in [2.75, 3.05) is 39.6 Å². The molecule has 0 rings (SSSR count). The molecule has 90 valence electrons. The van der Waals surface area contributed by atoms with Crippen LogP contribution in [0.25, 0.3) is 10.4 Å². The Morgan fingerprint density at radius 1 is 1.38 bits per heavy atom. The molecule has 1 unspecified atom stereocenters. The highest BCUT2D eigenvalue weighted by atomic mass is 16.6. The molecule has 0 aliphatic carbocycles. The maximum absolute atomic E-state index is 8.42. The summed E-state index contributed by atoms with van der Waals surface area (Å²) in [5.41, 5.74) is 8.23. The van der Waals surface area contributed by atoms with Gasteiger partial charge in [0, 0.05) is 4.91 Å². The smallest absolute Gasteiger partial charge is 0.161 e. The highest BCUT2D eigenvalue weighted by Crippen LogP contribution is 1.96. The predicted molar refractivity (Wildman–Crippen MR) is 56.4 cm³/mol. The van der Waals surface area contributed by atoms with Gasteiger partial charge in [-0.05, 0) is 5.53 Å². The van der Waals surface area contributed by atoms with Crippen LogP contribution in [-0.4, -0.2) is 51.0 Å². The average Bonchev–Trinajstić information content (AvgIpc) is 2.30. The summed E-state index contributed by atoms with van der Waals surface area (Å²) in [4.78, 5) is 2.60. The second-order valence-corrected chi connectivity index (χ2v) is 2.59. The molecule has 0 aliphatic heterocycles. The molecule has 0 fully saturated rings. The molecule has 7 heteroatoms. The fourth-order valence-corrected chi connectivity index (χ4v) is 0.785. The lowest BCUT2D eigenvalue weighted by atomic mass is 10.6. The van der Waals surface area contributed by atoms with Gasteiger partial charge in [-0.3, -0.25) is 0 Å². The molecule has 16 heavy (non-hydrogen) atoms. The minimum absolute atomic E-state index is 0.0212. The molecule has 0 saturated carbocycles. The van der Waals surface area contributed by atoms with Crippen LogP contribution in [0.15, 0.2) is 5.11 Å². The number of nitrogens with zero attached hydrogens (tertiary/aromatic N) is 3. The summed E-state index contributed by atoms with van der Waals surface area (Å²) in [7, 11) is 0. The van der Waals surface area contributed by atoms with Gasteiger partial charge in [0.25, 0.3) is 0 Å². The Bertz CT molecular complexity index is 248. The van der Waals surface area contributed by atoms with E-state index in [0.29, 0.717) is 13.2 Å². The molecule has 0 aromatic carbocycles. The second kappa shape index (κ2) is 11.8. The van der Waals surface area contributed by atoms with E-state index in [0.717, 1.165) is 0 Å². The Morgan fingerprint density at radius 2 is 2.12 bits per heavy atom. The van der Waals surface area contributed by atoms with Crippen LogP contribution >= 0.6 is 0 Å². The van der Waals surface area contributed by atoms with Gasteiger partial charge in [-0.15, -0.1) is 6.42 Å². The second-order valence-electron chi connectivity index (χ2n) is 2.59. The zero-order chi connectivity index (χ0) is 12.1. The molecule has 7 nitrogen and oxygen atoms in total. The lowest BCUT2D eigenvalue weighted by Crippen LogP contribution is -2.19. The van der Waals surface area contributed by atoms with Crippen molar-refractivity contribution in [1.29, 1.82) is 0 Å². The molecule has 0 spiro atoms. The SMILES string of the molecule is C#CCOC(COCCOCCO)N=[N+]=[N-]. The number of hydrogen-bond acceptors (Lipinski definition) is 5. The molecular weight excluding hydrogens is 214 g/mol. The molecule has 0 heterocycles. The van der Waals surface area contributed by atoms with Crippen molar-refractivity contribution in [3.05, 3.63) is 10.4 Å². The molecule has 0 saturated heterocycles. The zero-order valence-corrected chi connectivity index (χ0v) is 8.91. The number of rotatable bonds is 10. The maximum atomic E-state index is 8.42. The van der Waals surface area contributed by atoms with Crippen molar-refractivity contribution in [2.45, 2.75) is 6.23 Å². The lowest BCUT2D eigenvalue weighted by molar-refractivity contribution is -0.0220. The standard InChI is InChI=1S/C9H15N3O4/c1-2-4-16-9(11-12-10)8-15-7-6-14-5-3-13/h1,9,13H,3-8H2. The first-order valence-electron chi connectivity index (χ1n) is 4.70. The van der Waals surface area contributed by atoms with E-state index in [1.165, 1.54) is 0 Å². The van der Waals surface area contributed by atoms with Gasteiger partial charge in [0.05, 0.1) is 33.0 Å². The largest absolute Gasteiger partial charge is 0.394 e. The Balaban J connectivity index is 3.52. The number of aliphatic hydroxyl groups excluding tert-OH is 1. The first-order chi connectivity index (χ1) is 7.85. The van der Waals surface area contributed by atoms with Crippen molar-refractivity contribution >= 4 is 0 Å². The van der Waals surface area contributed by atoms with Gasteiger partial charge in [0.15, 0.2) is 6.23 Å². The topological polar surface area (TPSA) is 96.7 Å². The summed E-state index contributed by atoms with van der Waals surface area (Å²) in [5, 5.41) is 11.8. The van der Waals surface area contributed by atoms with E-state index in [4.69, 9.17) is 31.3 Å². The normalized spacial score (nSPS) is 11.5. The van der Waals surface area contributed by atoms with E-state index in [9.17, 15) is 0 Å². The number of hydrogen-bond donors (Lipinski definition) is 1. The van der Waals surface area contributed by atoms with E-state index in [-0.39, 0.29) is 26.4 Å². The third-order valence-electron chi connectivity index (χ3n) is 1.41. The van der Waals surface area contributed by atoms with E-state index in [1.54, 1.807) is 0 Å². The number of aliphatic hydroxyl groups is 1. The van der Waals surface area contributed by atoms with E-state index >= 15 is 0 Å². The lowest BCUT2D eigenvalue weighted by Gasteiger charge is -2.11. The van der Waals surface area contributed by atoms with Crippen LogP contribution in [0.5, 0.6) is 0 Å². The third-order valence-corrected chi connectivity index (χ3v) is 1.41. The Hall–Kier alpha value is -1.29. The van der Waals surface area contributed by atoms with E-state index < -0.39 is 6.23 Å². The Labute approximate surface area is 93.9 Å². The molecule has 0 aromatic rings. The molecule has 0 radical (unpaired) electrons. The highest BCUT2D eigenvalue weighted by Gasteiger charge is 2.05. The van der Waals surface area contributed by atoms with Gasteiger partial charge in [-0.1, -0.05) is 11.0 Å². The van der Waals surface area contributed by atoms with Crippen LogP contribution in [0, 0.1) is 12.3 Å². The van der Waals surface area contributed by atoms with Gasteiger partial charge in [-0.25, -0.2) is 0 Å².